The van der Waals surface area contributed by atoms with Crippen LogP contribution in [-0.2, 0) is 15.6 Å². The molecule has 0 saturated carbocycles. The molecule has 2 aliphatic heterocycles. The molecule has 234 valence electrons. The number of rotatable bonds is 9. The lowest BCUT2D eigenvalue weighted by molar-refractivity contribution is -0.125. The van der Waals surface area contributed by atoms with Crippen LogP contribution in [0.15, 0.2) is 73.1 Å². The number of methoxy groups -OCH3 is 1. The van der Waals surface area contributed by atoms with Gasteiger partial charge in [0.25, 0.3) is 5.91 Å². The van der Waals surface area contributed by atoms with Crippen LogP contribution < -0.4 is 10.5 Å². The molecule has 1 unspecified atom stereocenters. The lowest BCUT2D eigenvalue weighted by atomic mass is 9.71. The molecule has 10 heteroatoms. The summed E-state index contributed by atoms with van der Waals surface area (Å²) in [5.74, 6) is 0.203. The molecule has 3 aromatic carbocycles. The first kappa shape index (κ1) is 30.5. The standard InChI is InChI=1S/C35H41N7O3/c1-25-9-10-28(21-26(25)2)34(13-17-40-18-15-35(16-19-40,33(36)44)27-7-5-4-6-8-27)14-20-41(23-34)32(43)30-22-29(11-12-31(30)45-3)42-24-37-38-39-42/h4-12,21-22,24H,13-20,23H2,1-3H3,(H2,36,44). The van der Waals surface area contributed by atoms with Gasteiger partial charge in [-0.15, -0.1) is 5.10 Å². The zero-order chi connectivity index (χ0) is 31.6. The summed E-state index contributed by atoms with van der Waals surface area (Å²) in [6.07, 6.45) is 4.66. The van der Waals surface area contributed by atoms with Crippen LogP contribution in [0.4, 0.5) is 0 Å². The van der Waals surface area contributed by atoms with Crippen molar-refractivity contribution in [2.75, 3.05) is 39.8 Å². The first-order valence-corrected chi connectivity index (χ1v) is 15.6. The highest BCUT2D eigenvalue weighted by molar-refractivity contribution is 5.98. The SMILES string of the molecule is COc1ccc(-n2cnnn2)cc1C(=O)N1CCC(CCN2CCC(C(N)=O)(c3ccccc3)CC2)(c2ccc(C)c(C)c2)C1. The average Bonchev–Trinajstić information content (AvgIpc) is 3.77. The highest BCUT2D eigenvalue weighted by Crippen LogP contribution is 2.41. The van der Waals surface area contributed by atoms with Crippen molar-refractivity contribution in [2.24, 2.45) is 5.73 Å². The van der Waals surface area contributed by atoms with Gasteiger partial charge in [-0.05, 0) is 110 Å². The minimum absolute atomic E-state index is 0.0699. The van der Waals surface area contributed by atoms with Crippen LogP contribution in [0.5, 0.6) is 5.75 Å². The number of hydrogen-bond donors (Lipinski definition) is 1. The third-order valence-corrected chi connectivity index (χ3v) is 10.2. The van der Waals surface area contributed by atoms with Gasteiger partial charge in [-0.2, -0.15) is 0 Å². The van der Waals surface area contributed by atoms with Gasteiger partial charge in [0.1, 0.15) is 12.1 Å². The molecule has 0 radical (unpaired) electrons. The van der Waals surface area contributed by atoms with Crippen LogP contribution in [0.1, 0.15) is 58.3 Å². The molecule has 10 nitrogen and oxygen atoms in total. The second-order valence-corrected chi connectivity index (χ2v) is 12.6. The van der Waals surface area contributed by atoms with E-state index in [1.165, 1.54) is 27.7 Å². The zero-order valence-corrected chi connectivity index (χ0v) is 26.3. The minimum atomic E-state index is -0.629. The lowest BCUT2D eigenvalue weighted by Gasteiger charge is -2.41. The molecule has 0 spiro atoms. The average molecular weight is 608 g/mol. The molecular weight excluding hydrogens is 566 g/mol. The Bertz CT molecular complexity index is 1670. The number of aryl methyl sites for hydroxylation is 2. The first-order valence-electron chi connectivity index (χ1n) is 15.6. The maximum atomic E-state index is 14.1. The first-order chi connectivity index (χ1) is 21.7. The summed E-state index contributed by atoms with van der Waals surface area (Å²) in [5, 5.41) is 11.4. The number of piperidine rings is 1. The van der Waals surface area contributed by atoms with Crippen molar-refractivity contribution in [1.29, 1.82) is 0 Å². The van der Waals surface area contributed by atoms with Gasteiger partial charge in [-0.1, -0.05) is 48.5 Å². The second-order valence-electron chi connectivity index (χ2n) is 12.6. The Morgan fingerprint density at radius 3 is 2.36 bits per heavy atom. The van der Waals surface area contributed by atoms with Crippen LogP contribution >= 0.6 is 0 Å². The van der Waals surface area contributed by atoms with Crippen molar-refractivity contribution in [1.82, 2.24) is 30.0 Å². The van der Waals surface area contributed by atoms with E-state index >= 15 is 0 Å². The fourth-order valence-corrected chi connectivity index (χ4v) is 7.12. The third kappa shape index (κ3) is 5.82. The molecule has 1 aromatic heterocycles. The Labute approximate surface area is 264 Å². The molecule has 0 aliphatic carbocycles. The molecule has 0 bridgehead atoms. The molecule has 2 amide bonds. The van der Waals surface area contributed by atoms with Crippen LogP contribution in [0, 0.1) is 13.8 Å². The predicted octanol–water partition coefficient (Wildman–Crippen LogP) is 3.98. The number of nitrogens with two attached hydrogens (primary N) is 1. The summed E-state index contributed by atoms with van der Waals surface area (Å²) in [7, 11) is 1.58. The van der Waals surface area contributed by atoms with E-state index in [-0.39, 0.29) is 17.2 Å². The third-order valence-electron chi connectivity index (χ3n) is 10.2. The fourth-order valence-electron chi connectivity index (χ4n) is 7.12. The maximum Gasteiger partial charge on any atom is 0.257 e. The van der Waals surface area contributed by atoms with Crippen LogP contribution in [0.25, 0.3) is 5.69 Å². The van der Waals surface area contributed by atoms with Gasteiger partial charge in [-0.25, -0.2) is 4.68 Å². The van der Waals surface area contributed by atoms with Crippen LogP contribution in [0.3, 0.4) is 0 Å². The highest BCUT2D eigenvalue weighted by atomic mass is 16.5. The number of likely N-dealkylation sites (tertiary alicyclic amines) is 2. The van der Waals surface area contributed by atoms with Gasteiger partial charge in [0, 0.05) is 18.5 Å². The van der Waals surface area contributed by atoms with Gasteiger partial charge in [0.15, 0.2) is 0 Å². The second kappa shape index (κ2) is 12.4. The van der Waals surface area contributed by atoms with E-state index in [2.05, 4.69) is 52.5 Å². The number of nitrogens with zero attached hydrogens (tertiary/aromatic N) is 6. The van der Waals surface area contributed by atoms with Crippen molar-refractivity contribution in [2.45, 2.75) is 50.4 Å². The van der Waals surface area contributed by atoms with E-state index in [9.17, 15) is 9.59 Å². The number of amides is 2. The molecule has 2 N–H and O–H groups in total. The van der Waals surface area contributed by atoms with E-state index in [1.807, 2.05) is 41.3 Å². The highest BCUT2D eigenvalue weighted by Gasteiger charge is 2.44. The molecule has 4 aromatic rings. The summed E-state index contributed by atoms with van der Waals surface area (Å²) in [4.78, 5) is 31.3. The Kier molecular flexibility index (Phi) is 8.42. The van der Waals surface area contributed by atoms with Gasteiger partial charge in [-0.3, -0.25) is 9.59 Å². The molecule has 2 fully saturated rings. The van der Waals surface area contributed by atoms with Crippen molar-refractivity contribution >= 4 is 11.8 Å². The van der Waals surface area contributed by atoms with Crippen LogP contribution in [0.2, 0.25) is 0 Å². The molecule has 2 aliphatic rings. The summed E-state index contributed by atoms with van der Waals surface area (Å²) < 4.78 is 7.14. The smallest absolute Gasteiger partial charge is 0.257 e. The van der Waals surface area contributed by atoms with Crippen molar-refractivity contribution < 1.29 is 14.3 Å². The van der Waals surface area contributed by atoms with Crippen molar-refractivity contribution in [3.05, 3.63) is 101 Å². The molecule has 1 atom stereocenters. The Hall–Kier alpha value is -4.57. The van der Waals surface area contributed by atoms with E-state index < -0.39 is 5.41 Å². The summed E-state index contributed by atoms with van der Waals surface area (Å²) in [6, 6.07) is 22.1. The zero-order valence-electron chi connectivity index (χ0n) is 26.3. The number of carbonyl (C=O) groups is 2. The van der Waals surface area contributed by atoms with Crippen molar-refractivity contribution in [3.63, 3.8) is 0 Å². The predicted molar refractivity (Wildman–Crippen MR) is 171 cm³/mol. The Morgan fingerprint density at radius 2 is 1.69 bits per heavy atom. The lowest BCUT2D eigenvalue weighted by Crippen LogP contribution is -2.50. The number of ether oxygens (including phenoxy) is 1. The quantitative estimate of drug-likeness (QED) is 0.306. The molecule has 45 heavy (non-hydrogen) atoms. The number of tetrazole rings is 1. The van der Waals surface area contributed by atoms with Gasteiger partial charge in [0.05, 0.1) is 23.8 Å². The molecule has 6 rings (SSSR count). The molecule has 3 heterocycles. The number of aromatic nitrogens is 4. The van der Waals surface area contributed by atoms with E-state index in [4.69, 9.17) is 10.5 Å². The number of carbonyl (C=O) groups excluding carboxylic acids is 2. The molecule has 2 saturated heterocycles. The topological polar surface area (TPSA) is 119 Å². The van der Waals surface area contributed by atoms with E-state index in [0.29, 0.717) is 42.9 Å². The van der Waals surface area contributed by atoms with E-state index in [1.54, 1.807) is 19.2 Å². The largest absolute Gasteiger partial charge is 0.496 e. The van der Waals surface area contributed by atoms with Crippen LogP contribution in [-0.4, -0.2) is 81.7 Å². The number of hydrogen-bond acceptors (Lipinski definition) is 7. The Balaban J connectivity index is 1.23. The fraction of sp³-hybridized carbons (Fsp3) is 0.400. The summed E-state index contributed by atoms with van der Waals surface area (Å²) >= 11 is 0. The van der Waals surface area contributed by atoms with Gasteiger partial charge >= 0.3 is 0 Å². The van der Waals surface area contributed by atoms with E-state index in [0.717, 1.165) is 38.0 Å². The Morgan fingerprint density at radius 1 is 0.911 bits per heavy atom. The monoisotopic (exact) mass is 607 g/mol. The molecular formula is C35H41N7O3. The van der Waals surface area contributed by atoms with Gasteiger partial charge < -0.3 is 20.3 Å². The van der Waals surface area contributed by atoms with Crippen molar-refractivity contribution in [3.8, 4) is 11.4 Å². The minimum Gasteiger partial charge on any atom is -0.496 e. The maximum absolute atomic E-state index is 14.1. The normalized spacial score (nSPS) is 19.8. The number of primary amides is 1. The van der Waals surface area contributed by atoms with Gasteiger partial charge in [0.2, 0.25) is 5.91 Å². The number of benzene rings is 3. The summed E-state index contributed by atoms with van der Waals surface area (Å²) in [6.45, 7) is 7.99. The summed E-state index contributed by atoms with van der Waals surface area (Å²) in [5.41, 5.74) is 11.1.